The molecule has 0 radical (unpaired) electrons. The van der Waals surface area contributed by atoms with Crippen molar-refractivity contribution in [1.82, 2.24) is 9.88 Å². The fourth-order valence-electron chi connectivity index (χ4n) is 3.54. The second-order valence-corrected chi connectivity index (χ2v) is 6.57. The van der Waals surface area contributed by atoms with E-state index in [4.69, 9.17) is 5.73 Å². The molecule has 0 bridgehead atoms. The molecule has 0 saturated carbocycles. The van der Waals surface area contributed by atoms with E-state index < -0.39 is 23.9 Å². The van der Waals surface area contributed by atoms with Crippen LogP contribution in [0.1, 0.15) is 18.4 Å². The van der Waals surface area contributed by atoms with E-state index in [0.717, 1.165) is 37.3 Å². The number of pyridine rings is 1. The van der Waals surface area contributed by atoms with Crippen molar-refractivity contribution in [1.29, 1.82) is 0 Å². The Bertz CT molecular complexity index is 584. The van der Waals surface area contributed by atoms with E-state index in [9.17, 15) is 18.0 Å². The molecule has 1 aromatic heterocycles. The van der Waals surface area contributed by atoms with Crippen LogP contribution in [0.3, 0.4) is 0 Å². The number of hydrogen-bond acceptors (Lipinski definition) is 4. The van der Waals surface area contributed by atoms with Crippen molar-refractivity contribution < 1.29 is 18.0 Å². The Morgan fingerprint density at radius 3 is 2.46 bits per heavy atom. The van der Waals surface area contributed by atoms with Gasteiger partial charge >= 0.3 is 6.18 Å². The lowest BCUT2D eigenvalue weighted by atomic mass is 9.95. The van der Waals surface area contributed by atoms with Crippen LogP contribution in [0, 0.1) is 11.8 Å². The number of carbonyl (C=O) groups is 1. The summed E-state index contributed by atoms with van der Waals surface area (Å²) in [4.78, 5) is 19.6. The molecule has 0 unspecified atom stereocenters. The van der Waals surface area contributed by atoms with Crippen LogP contribution in [-0.2, 0) is 11.3 Å². The first-order valence-electron chi connectivity index (χ1n) is 8.13. The highest BCUT2D eigenvalue weighted by Crippen LogP contribution is 2.37. The summed E-state index contributed by atoms with van der Waals surface area (Å²) in [6, 6.07) is 3.80. The Morgan fingerprint density at radius 1 is 1.25 bits per heavy atom. The van der Waals surface area contributed by atoms with Crippen LogP contribution in [0.5, 0.6) is 0 Å². The molecule has 2 fully saturated rings. The highest BCUT2D eigenvalue weighted by Gasteiger charge is 2.51. The molecule has 2 N–H and O–H groups in total. The summed E-state index contributed by atoms with van der Waals surface area (Å²) in [6.45, 7) is 2.15. The van der Waals surface area contributed by atoms with E-state index in [1.165, 1.54) is 0 Å². The molecular formula is C16H21F3N4O. The molecule has 3 rings (SSSR count). The van der Waals surface area contributed by atoms with Crippen molar-refractivity contribution in [3.63, 3.8) is 0 Å². The van der Waals surface area contributed by atoms with E-state index in [1.54, 1.807) is 11.1 Å². The molecule has 0 spiro atoms. The van der Waals surface area contributed by atoms with Crippen molar-refractivity contribution in [2.24, 2.45) is 17.6 Å². The van der Waals surface area contributed by atoms with Crippen LogP contribution in [0.25, 0.3) is 0 Å². The van der Waals surface area contributed by atoms with E-state index >= 15 is 0 Å². The first kappa shape index (κ1) is 17.0. The van der Waals surface area contributed by atoms with Gasteiger partial charge in [0, 0.05) is 38.9 Å². The molecule has 2 aliphatic rings. The number of aromatic nitrogens is 1. The molecule has 8 heteroatoms. The first-order valence-corrected chi connectivity index (χ1v) is 8.13. The minimum absolute atomic E-state index is 0.0351. The zero-order chi connectivity index (χ0) is 17.3. The maximum absolute atomic E-state index is 13.1. The quantitative estimate of drug-likeness (QED) is 0.906. The van der Waals surface area contributed by atoms with E-state index in [-0.39, 0.29) is 13.1 Å². The van der Waals surface area contributed by atoms with Crippen molar-refractivity contribution >= 4 is 11.7 Å². The van der Waals surface area contributed by atoms with Crippen LogP contribution in [0.4, 0.5) is 19.0 Å². The minimum atomic E-state index is -4.41. The predicted molar refractivity (Wildman–Crippen MR) is 83.2 cm³/mol. The second kappa shape index (κ2) is 6.58. The van der Waals surface area contributed by atoms with Gasteiger partial charge in [-0.15, -0.1) is 0 Å². The van der Waals surface area contributed by atoms with Crippen LogP contribution in [0.15, 0.2) is 18.3 Å². The third-order valence-corrected chi connectivity index (χ3v) is 4.83. The number of rotatable bonds is 4. The third-order valence-electron chi connectivity index (χ3n) is 4.83. The van der Waals surface area contributed by atoms with E-state index in [2.05, 4.69) is 9.88 Å². The summed E-state index contributed by atoms with van der Waals surface area (Å²) < 4.78 is 39.2. The van der Waals surface area contributed by atoms with Crippen LogP contribution >= 0.6 is 0 Å². The van der Waals surface area contributed by atoms with Gasteiger partial charge in [0.05, 0.1) is 11.8 Å². The number of primary amides is 1. The highest BCUT2D eigenvalue weighted by molar-refractivity contribution is 5.77. The molecule has 1 amide bonds. The lowest BCUT2D eigenvalue weighted by Gasteiger charge is -2.19. The Balaban J connectivity index is 1.64. The smallest absolute Gasteiger partial charge is 0.369 e. The molecule has 1 aromatic rings. The maximum Gasteiger partial charge on any atom is 0.393 e. The zero-order valence-electron chi connectivity index (χ0n) is 13.3. The molecule has 5 nitrogen and oxygen atoms in total. The molecule has 2 saturated heterocycles. The number of nitrogens with zero attached hydrogens (tertiary/aromatic N) is 3. The highest BCUT2D eigenvalue weighted by atomic mass is 19.4. The van der Waals surface area contributed by atoms with Crippen LogP contribution < -0.4 is 10.6 Å². The summed E-state index contributed by atoms with van der Waals surface area (Å²) in [6.07, 6.45) is -0.394. The summed E-state index contributed by atoms with van der Waals surface area (Å²) >= 11 is 0. The van der Waals surface area contributed by atoms with Gasteiger partial charge in [-0.05, 0) is 24.5 Å². The average Bonchev–Trinajstić information content (AvgIpc) is 3.16. The first-order chi connectivity index (χ1) is 11.3. The minimum Gasteiger partial charge on any atom is -0.369 e. The van der Waals surface area contributed by atoms with Crippen LogP contribution in [-0.4, -0.2) is 48.1 Å². The number of nitrogens with two attached hydrogens (primary N) is 1. The Morgan fingerprint density at radius 2 is 1.96 bits per heavy atom. The summed E-state index contributed by atoms with van der Waals surface area (Å²) in [5.41, 5.74) is 5.98. The Hall–Kier alpha value is -1.83. The molecule has 0 aliphatic carbocycles. The van der Waals surface area contributed by atoms with Crippen molar-refractivity contribution in [2.45, 2.75) is 25.6 Å². The molecule has 3 heterocycles. The largest absolute Gasteiger partial charge is 0.393 e. The number of likely N-dealkylation sites (tertiary alicyclic amines) is 1. The number of carbonyl (C=O) groups excluding carboxylic acids is 1. The van der Waals surface area contributed by atoms with Crippen LogP contribution in [0.2, 0.25) is 0 Å². The van der Waals surface area contributed by atoms with Gasteiger partial charge in [0.25, 0.3) is 0 Å². The number of alkyl halides is 3. The second-order valence-electron chi connectivity index (χ2n) is 6.57. The zero-order valence-corrected chi connectivity index (χ0v) is 13.3. The number of hydrogen-bond donors (Lipinski definition) is 1. The summed E-state index contributed by atoms with van der Waals surface area (Å²) in [5, 5.41) is 0. The van der Waals surface area contributed by atoms with Crippen molar-refractivity contribution in [3.05, 3.63) is 23.9 Å². The van der Waals surface area contributed by atoms with Crippen molar-refractivity contribution in [3.8, 4) is 0 Å². The fourth-order valence-corrected chi connectivity index (χ4v) is 3.54. The fraction of sp³-hybridized carbons (Fsp3) is 0.625. The summed E-state index contributed by atoms with van der Waals surface area (Å²) in [7, 11) is 0. The van der Waals surface area contributed by atoms with Gasteiger partial charge in [-0.25, -0.2) is 4.98 Å². The Labute approximate surface area is 138 Å². The molecule has 2 aliphatic heterocycles. The predicted octanol–water partition coefficient (Wildman–Crippen LogP) is 1.78. The molecule has 24 heavy (non-hydrogen) atoms. The van der Waals surface area contributed by atoms with Gasteiger partial charge in [0.2, 0.25) is 5.91 Å². The number of anilines is 1. The molecule has 0 aromatic carbocycles. The number of halogens is 3. The van der Waals surface area contributed by atoms with Gasteiger partial charge < -0.3 is 10.6 Å². The van der Waals surface area contributed by atoms with Crippen molar-refractivity contribution in [2.75, 3.05) is 31.1 Å². The molecular weight excluding hydrogens is 321 g/mol. The monoisotopic (exact) mass is 342 g/mol. The average molecular weight is 342 g/mol. The van der Waals surface area contributed by atoms with Gasteiger partial charge in [-0.1, -0.05) is 6.07 Å². The SMILES string of the molecule is NC(=O)[C@@H]1CN(Cc2ccc(N3CCCC3)nc2)C[C@H]1C(F)(F)F. The molecule has 2 atom stereocenters. The lowest BCUT2D eigenvalue weighted by Crippen LogP contribution is -2.37. The van der Waals surface area contributed by atoms with E-state index in [1.807, 2.05) is 12.1 Å². The van der Waals surface area contributed by atoms with Gasteiger partial charge in [-0.3, -0.25) is 9.69 Å². The third kappa shape index (κ3) is 3.63. The lowest BCUT2D eigenvalue weighted by molar-refractivity contribution is -0.182. The molecule has 132 valence electrons. The topological polar surface area (TPSA) is 62.5 Å². The summed E-state index contributed by atoms with van der Waals surface area (Å²) in [5.74, 6) is -2.85. The Kier molecular flexibility index (Phi) is 4.67. The van der Waals surface area contributed by atoms with E-state index in [0.29, 0.717) is 6.54 Å². The van der Waals surface area contributed by atoms with Gasteiger partial charge in [-0.2, -0.15) is 13.2 Å². The normalized spacial score (nSPS) is 25.4. The van der Waals surface area contributed by atoms with Gasteiger partial charge in [0.15, 0.2) is 0 Å². The maximum atomic E-state index is 13.1. The number of amides is 1. The standard InChI is InChI=1S/C16H21F3N4O/c17-16(18,19)13-10-22(9-12(13)15(20)24)8-11-3-4-14(21-7-11)23-5-1-2-6-23/h3-4,7,12-13H,1-2,5-6,8-10H2,(H2,20,24)/t12-,13-/m1/s1. The van der Waals surface area contributed by atoms with Gasteiger partial charge in [0.1, 0.15) is 5.82 Å².